The van der Waals surface area contributed by atoms with E-state index < -0.39 is 28.9 Å². The van der Waals surface area contributed by atoms with E-state index in [2.05, 4.69) is 19.2 Å². The Hall–Kier alpha value is -3.55. The molecule has 0 radical (unpaired) electrons. The standard InChI is InChI=1S/C24H27N3O5/c1-14(2)16-9-10-19(20(11-16)15(3)4)21(28)13-26-22(29)24(5,25-23(26)30)17-7-6-8-18(12-17)27(31)32/h6-12,14-15H,13H2,1-5H3,(H,25,30). The fourth-order valence-corrected chi connectivity index (χ4v) is 3.87. The average Bonchev–Trinajstić information content (AvgIpc) is 2.97. The van der Waals surface area contributed by atoms with Crippen molar-refractivity contribution >= 4 is 23.4 Å². The van der Waals surface area contributed by atoms with E-state index in [4.69, 9.17) is 0 Å². The highest BCUT2D eigenvalue weighted by molar-refractivity contribution is 6.11. The SMILES string of the molecule is CC(C)c1ccc(C(=O)CN2C(=O)NC(C)(c3cccc([N+](=O)[O-])c3)C2=O)c(C(C)C)c1. The highest BCUT2D eigenvalue weighted by atomic mass is 16.6. The van der Waals surface area contributed by atoms with Gasteiger partial charge in [-0.3, -0.25) is 24.6 Å². The molecule has 1 unspecified atom stereocenters. The minimum absolute atomic E-state index is 0.0888. The number of nitro groups is 1. The molecule has 1 N–H and O–H groups in total. The number of hydrogen-bond acceptors (Lipinski definition) is 5. The number of Topliss-reactive ketones (excluding diaryl/α,β-unsaturated/α-hetero) is 1. The first-order chi connectivity index (χ1) is 15.0. The van der Waals surface area contributed by atoms with E-state index in [0.717, 1.165) is 16.0 Å². The Balaban J connectivity index is 1.90. The van der Waals surface area contributed by atoms with Gasteiger partial charge < -0.3 is 5.32 Å². The number of rotatable bonds is 7. The van der Waals surface area contributed by atoms with Gasteiger partial charge in [0.2, 0.25) is 0 Å². The summed E-state index contributed by atoms with van der Waals surface area (Å²) in [4.78, 5) is 50.4. The molecule has 32 heavy (non-hydrogen) atoms. The quantitative estimate of drug-likeness (QED) is 0.297. The van der Waals surface area contributed by atoms with E-state index >= 15 is 0 Å². The normalized spacial score (nSPS) is 18.4. The summed E-state index contributed by atoms with van der Waals surface area (Å²) < 4.78 is 0. The molecule has 0 bridgehead atoms. The van der Waals surface area contributed by atoms with Crippen molar-refractivity contribution in [3.8, 4) is 0 Å². The Bertz CT molecular complexity index is 1110. The zero-order valence-electron chi connectivity index (χ0n) is 18.8. The summed E-state index contributed by atoms with van der Waals surface area (Å²) in [5, 5.41) is 13.7. The van der Waals surface area contributed by atoms with Crippen LogP contribution in [-0.2, 0) is 10.3 Å². The van der Waals surface area contributed by atoms with Gasteiger partial charge in [-0.05, 0) is 35.4 Å². The van der Waals surface area contributed by atoms with Crippen molar-refractivity contribution in [1.29, 1.82) is 0 Å². The lowest BCUT2D eigenvalue weighted by Gasteiger charge is -2.22. The molecule has 168 valence electrons. The number of benzene rings is 2. The van der Waals surface area contributed by atoms with Crippen LogP contribution in [-0.4, -0.2) is 34.1 Å². The van der Waals surface area contributed by atoms with Gasteiger partial charge in [-0.15, -0.1) is 0 Å². The third-order valence-electron chi connectivity index (χ3n) is 5.88. The first-order valence-corrected chi connectivity index (χ1v) is 10.5. The molecule has 0 spiro atoms. The van der Waals surface area contributed by atoms with Gasteiger partial charge in [0, 0.05) is 17.7 Å². The van der Waals surface area contributed by atoms with Gasteiger partial charge in [-0.25, -0.2) is 4.79 Å². The maximum absolute atomic E-state index is 13.2. The van der Waals surface area contributed by atoms with Crippen molar-refractivity contribution in [1.82, 2.24) is 10.2 Å². The lowest BCUT2D eigenvalue weighted by atomic mass is 9.89. The van der Waals surface area contributed by atoms with Crippen molar-refractivity contribution in [2.45, 2.75) is 52.0 Å². The van der Waals surface area contributed by atoms with E-state index in [1.807, 2.05) is 26.0 Å². The van der Waals surface area contributed by atoms with Crippen LogP contribution in [0.25, 0.3) is 0 Å². The van der Waals surface area contributed by atoms with Crippen molar-refractivity contribution in [2.24, 2.45) is 0 Å². The number of ketones is 1. The molecule has 1 fully saturated rings. The summed E-state index contributed by atoms with van der Waals surface area (Å²) in [6.07, 6.45) is 0. The highest BCUT2D eigenvalue weighted by Gasteiger charge is 2.50. The van der Waals surface area contributed by atoms with Crippen LogP contribution in [0, 0.1) is 10.1 Å². The predicted molar refractivity (Wildman–Crippen MR) is 120 cm³/mol. The van der Waals surface area contributed by atoms with E-state index in [1.165, 1.54) is 31.2 Å². The van der Waals surface area contributed by atoms with E-state index in [-0.39, 0.29) is 23.0 Å². The number of carbonyl (C=O) groups is 3. The Morgan fingerprint density at radius 1 is 1.09 bits per heavy atom. The number of hydrogen-bond donors (Lipinski definition) is 1. The molecule has 0 aliphatic carbocycles. The lowest BCUT2D eigenvalue weighted by molar-refractivity contribution is -0.385. The smallest absolute Gasteiger partial charge is 0.319 e. The Kier molecular flexibility index (Phi) is 6.16. The molecule has 1 heterocycles. The molecule has 0 aromatic heterocycles. The second-order valence-electron chi connectivity index (χ2n) is 8.83. The van der Waals surface area contributed by atoms with Gasteiger partial charge in [-0.2, -0.15) is 0 Å². The molecular weight excluding hydrogens is 410 g/mol. The van der Waals surface area contributed by atoms with Gasteiger partial charge in [0.1, 0.15) is 5.54 Å². The maximum atomic E-state index is 13.2. The molecule has 1 saturated heterocycles. The van der Waals surface area contributed by atoms with Crippen LogP contribution >= 0.6 is 0 Å². The molecule has 1 atom stereocenters. The predicted octanol–water partition coefficient (Wildman–Crippen LogP) is 4.49. The minimum Gasteiger partial charge on any atom is -0.319 e. The van der Waals surface area contributed by atoms with Crippen LogP contribution in [0.4, 0.5) is 10.5 Å². The van der Waals surface area contributed by atoms with Gasteiger partial charge in [0.15, 0.2) is 5.78 Å². The number of nitro benzene ring substituents is 1. The van der Waals surface area contributed by atoms with E-state index in [0.29, 0.717) is 11.5 Å². The molecule has 1 aliphatic rings. The number of nitrogens with zero attached hydrogens (tertiary/aromatic N) is 2. The number of urea groups is 1. The highest BCUT2D eigenvalue weighted by Crippen LogP contribution is 2.32. The van der Waals surface area contributed by atoms with Crippen LogP contribution in [0.15, 0.2) is 42.5 Å². The van der Waals surface area contributed by atoms with Crippen molar-refractivity contribution in [2.75, 3.05) is 6.54 Å². The second kappa shape index (κ2) is 8.53. The molecule has 3 rings (SSSR count). The number of imide groups is 1. The summed E-state index contributed by atoms with van der Waals surface area (Å²) in [5.41, 5.74) is 1.06. The fourth-order valence-electron chi connectivity index (χ4n) is 3.87. The topological polar surface area (TPSA) is 110 Å². The second-order valence-corrected chi connectivity index (χ2v) is 8.83. The Labute approximate surface area is 186 Å². The molecule has 2 aromatic rings. The van der Waals surface area contributed by atoms with Gasteiger partial charge in [0.05, 0.1) is 11.5 Å². The molecule has 3 amide bonds. The van der Waals surface area contributed by atoms with Crippen LogP contribution in [0.5, 0.6) is 0 Å². The van der Waals surface area contributed by atoms with Gasteiger partial charge in [-0.1, -0.05) is 58.0 Å². The third-order valence-corrected chi connectivity index (χ3v) is 5.88. The largest absolute Gasteiger partial charge is 0.325 e. The Morgan fingerprint density at radius 2 is 1.78 bits per heavy atom. The monoisotopic (exact) mass is 437 g/mol. The van der Waals surface area contributed by atoms with Gasteiger partial charge in [0.25, 0.3) is 11.6 Å². The number of non-ortho nitro benzene ring substituents is 1. The van der Waals surface area contributed by atoms with Crippen molar-refractivity contribution in [3.05, 3.63) is 74.8 Å². The minimum atomic E-state index is -1.49. The third kappa shape index (κ3) is 4.12. The lowest BCUT2D eigenvalue weighted by Crippen LogP contribution is -2.41. The zero-order valence-corrected chi connectivity index (χ0v) is 18.8. The molecule has 1 aliphatic heterocycles. The molecular formula is C24H27N3O5. The van der Waals surface area contributed by atoms with Crippen LogP contribution in [0.2, 0.25) is 0 Å². The summed E-state index contributed by atoms with van der Waals surface area (Å²) >= 11 is 0. The zero-order chi connectivity index (χ0) is 23.8. The van der Waals surface area contributed by atoms with Crippen molar-refractivity contribution < 1.29 is 19.3 Å². The summed E-state index contributed by atoms with van der Waals surface area (Å²) in [6.45, 7) is 9.20. The summed E-state index contributed by atoms with van der Waals surface area (Å²) in [6, 6.07) is 10.5. The number of carbonyl (C=O) groups excluding carboxylic acids is 3. The van der Waals surface area contributed by atoms with E-state index in [1.54, 1.807) is 6.07 Å². The van der Waals surface area contributed by atoms with Crippen LogP contribution < -0.4 is 5.32 Å². The first kappa shape index (κ1) is 23.1. The van der Waals surface area contributed by atoms with Crippen LogP contribution in [0.3, 0.4) is 0 Å². The molecule has 8 heteroatoms. The number of amides is 3. The molecule has 2 aromatic carbocycles. The summed E-state index contributed by atoms with van der Waals surface area (Å²) in [5.74, 6) is -0.568. The maximum Gasteiger partial charge on any atom is 0.325 e. The van der Waals surface area contributed by atoms with E-state index in [9.17, 15) is 24.5 Å². The fraction of sp³-hybridized carbons (Fsp3) is 0.375. The van der Waals surface area contributed by atoms with Crippen molar-refractivity contribution in [3.63, 3.8) is 0 Å². The average molecular weight is 437 g/mol. The summed E-state index contributed by atoms with van der Waals surface area (Å²) in [7, 11) is 0. The van der Waals surface area contributed by atoms with Crippen LogP contribution in [0.1, 0.15) is 73.5 Å². The first-order valence-electron chi connectivity index (χ1n) is 10.5. The molecule has 8 nitrogen and oxygen atoms in total. The van der Waals surface area contributed by atoms with Gasteiger partial charge >= 0.3 is 6.03 Å². The molecule has 0 saturated carbocycles. The Morgan fingerprint density at radius 3 is 2.38 bits per heavy atom. The number of nitrogens with one attached hydrogen (secondary N) is 1.